The van der Waals surface area contributed by atoms with E-state index in [2.05, 4.69) is 45.5 Å². The zero-order valence-corrected chi connectivity index (χ0v) is 11.1. The number of benzene rings is 1. The number of hydrogen-bond donors (Lipinski definition) is 1. The van der Waals surface area contributed by atoms with Gasteiger partial charge in [-0.25, -0.2) is 0 Å². The third-order valence-corrected chi connectivity index (χ3v) is 4.31. The van der Waals surface area contributed by atoms with Gasteiger partial charge in [-0.1, -0.05) is 28.4 Å². The highest BCUT2D eigenvalue weighted by molar-refractivity contribution is 9.10. The van der Waals surface area contributed by atoms with Crippen LogP contribution in [-0.4, -0.2) is 18.3 Å². The van der Waals surface area contributed by atoms with Gasteiger partial charge in [0.1, 0.15) is 0 Å². The summed E-state index contributed by atoms with van der Waals surface area (Å²) in [5, 5.41) is 3.57. The van der Waals surface area contributed by atoms with E-state index in [0.717, 1.165) is 0 Å². The summed E-state index contributed by atoms with van der Waals surface area (Å²) in [6.45, 7) is 1.20. The summed E-state index contributed by atoms with van der Waals surface area (Å²) < 4.78 is 1.17. The Morgan fingerprint density at radius 2 is 2.33 bits per heavy atom. The van der Waals surface area contributed by atoms with E-state index in [1.165, 1.54) is 40.9 Å². The third kappa shape index (κ3) is 3.82. The van der Waals surface area contributed by atoms with E-state index in [1.54, 1.807) is 0 Å². The second-order valence-electron chi connectivity index (χ2n) is 3.92. The monoisotopic (exact) mass is 285 g/mol. The van der Waals surface area contributed by atoms with Gasteiger partial charge in [0, 0.05) is 21.2 Å². The molecule has 0 bridgehead atoms. The number of hydrogen-bond acceptors (Lipinski definition) is 2. The molecular formula is C12H16BrNS. The summed E-state index contributed by atoms with van der Waals surface area (Å²) in [7, 11) is 0. The Morgan fingerprint density at radius 1 is 1.40 bits per heavy atom. The molecule has 1 atom stereocenters. The van der Waals surface area contributed by atoms with Crippen LogP contribution in [0.15, 0.2) is 33.6 Å². The van der Waals surface area contributed by atoms with Crippen LogP contribution in [0.1, 0.15) is 19.3 Å². The SMILES string of the molecule is Brc1cccc(SCC2CCCCN2)c1. The summed E-state index contributed by atoms with van der Waals surface area (Å²) in [4.78, 5) is 1.36. The van der Waals surface area contributed by atoms with Gasteiger partial charge in [0.15, 0.2) is 0 Å². The molecule has 1 N–H and O–H groups in total. The molecule has 2 rings (SSSR count). The maximum Gasteiger partial charge on any atom is 0.0186 e. The van der Waals surface area contributed by atoms with Crippen molar-refractivity contribution in [2.24, 2.45) is 0 Å². The standard InChI is InChI=1S/C12H16BrNS/c13-10-4-3-6-12(8-10)15-9-11-5-1-2-7-14-11/h3-4,6,8,11,14H,1-2,5,7,9H2. The Balaban J connectivity index is 1.81. The number of thioether (sulfide) groups is 1. The van der Waals surface area contributed by atoms with Gasteiger partial charge in [0.05, 0.1) is 0 Å². The second-order valence-corrected chi connectivity index (χ2v) is 5.92. The maximum atomic E-state index is 3.57. The van der Waals surface area contributed by atoms with Crippen molar-refractivity contribution in [3.05, 3.63) is 28.7 Å². The van der Waals surface area contributed by atoms with E-state index in [0.29, 0.717) is 6.04 Å². The van der Waals surface area contributed by atoms with Crippen LogP contribution in [0.25, 0.3) is 0 Å². The first-order valence-corrected chi connectivity index (χ1v) is 7.24. The minimum Gasteiger partial charge on any atom is -0.313 e. The number of nitrogens with one attached hydrogen (secondary N) is 1. The van der Waals surface area contributed by atoms with E-state index in [9.17, 15) is 0 Å². The molecule has 0 radical (unpaired) electrons. The molecule has 1 fully saturated rings. The topological polar surface area (TPSA) is 12.0 Å². The lowest BCUT2D eigenvalue weighted by Gasteiger charge is -2.22. The lowest BCUT2D eigenvalue weighted by molar-refractivity contribution is 0.430. The summed E-state index contributed by atoms with van der Waals surface area (Å²) in [5.41, 5.74) is 0. The van der Waals surface area contributed by atoms with Crippen molar-refractivity contribution in [2.45, 2.75) is 30.2 Å². The third-order valence-electron chi connectivity index (χ3n) is 2.66. The first kappa shape index (κ1) is 11.5. The fourth-order valence-electron chi connectivity index (χ4n) is 1.82. The van der Waals surface area contributed by atoms with E-state index in [4.69, 9.17) is 0 Å². The number of piperidine rings is 1. The zero-order valence-electron chi connectivity index (χ0n) is 8.71. The molecule has 1 aromatic carbocycles. The summed E-state index contributed by atoms with van der Waals surface area (Å²) in [5.74, 6) is 1.19. The van der Waals surface area contributed by atoms with Crippen LogP contribution < -0.4 is 5.32 Å². The van der Waals surface area contributed by atoms with Crippen LogP contribution >= 0.6 is 27.7 Å². The lowest BCUT2D eigenvalue weighted by Crippen LogP contribution is -2.35. The quantitative estimate of drug-likeness (QED) is 0.851. The zero-order chi connectivity index (χ0) is 10.5. The van der Waals surface area contributed by atoms with Gasteiger partial charge in [-0.15, -0.1) is 11.8 Å². The average Bonchev–Trinajstić information content (AvgIpc) is 2.28. The molecule has 1 unspecified atom stereocenters. The first-order valence-electron chi connectivity index (χ1n) is 5.46. The Morgan fingerprint density at radius 3 is 3.07 bits per heavy atom. The van der Waals surface area contributed by atoms with Crippen molar-refractivity contribution >= 4 is 27.7 Å². The molecule has 0 spiro atoms. The second kappa shape index (κ2) is 5.92. The summed E-state index contributed by atoms with van der Waals surface area (Å²) in [6, 6.07) is 9.25. The summed E-state index contributed by atoms with van der Waals surface area (Å²) >= 11 is 5.45. The molecule has 1 nitrogen and oxygen atoms in total. The largest absolute Gasteiger partial charge is 0.313 e. The normalized spacial score (nSPS) is 21.5. The lowest BCUT2D eigenvalue weighted by atomic mass is 10.1. The fraction of sp³-hybridized carbons (Fsp3) is 0.500. The Bertz CT molecular complexity index is 310. The van der Waals surface area contributed by atoms with Gasteiger partial charge in [-0.2, -0.15) is 0 Å². The molecule has 15 heavy (non-hydrogen) atoms. The van der Waals surface area contributed by atoms with Gasteiger partial charge in [0.25, 0.3) is 0 Å². The molecule has 0 amide bonds. The Labute approximate surface area is 104 Å². The highest BCUT2D eigenvalue weighted by Gasteiger charge is 2.12. The molecule has 0 aromatic heterocycles. The molecule has 82 valence electrons. The smallest absolute Gasteiger partial charge is 0.0186 e. The van der Waals surface area contributed by atoms with E-state index in [-0.39, 0.29) is 0 Å². The number of rotatable bonds is 3. The van der Waals surface area contributed by atoms with Gasteiger partial charge in [-0.3, -0.25) is 0 Å². The minimum absolute atomic E-state index is 0.711. The van der Waals surface area contributed by atoms with Crippen LogP contribution in [0, 0.1) is 0 Å². The molecule has 1 saturated heterocycles. The van der Waals surface area contributed by atoms with E-state index >= 15 is 0 Å². The molecule has 3 heteroatoms. The van der Waals surface area contributed by atoms with Crippen molar-refractivity contribution in [1.82, 2.24) is 5.32 Å². The molecule has 1 aliphatic rings. The predicted molar refractivity (Wildman–Crippen MR) is 70.5 cm³/mol. The van der Waals surface area contributed by atoms with Gasteiger partial charge >= 0.3 is 0 Å². The predicted octanol–water partition coefficient (Wildman–Crippen LogP) is 3.68. The van der Waals surface area contributed by atoms with Crippen LogP contribution in [-0.2, 0) is 0 Å². The van der Waals surface area contributed by atoms with Crippen molar-refractivity contribution < 1.29 is 0 Å². The number of halogens is 1. The van der Waals surface area contributed by atoms with Crippen molar-refractivity contribution in [3.63, 3.8) is 0 Å². The van der Waals surface area contributed by atoms with Crippen LogP contribution in [0.4, 0.5) is 0 Å². The van der Waals surface area contributed by atoms with E-state index in [1.807, 2.05) is 11.8 Å². The Hall–Kier alpha value is 0.01000. The maximum absolute atomic E-state index is 3.57. The highest BCUT2D eigenvalue weighted by atomic mass is 79.9. The first-order chi connectivity index (χ1) is 7.34. The van der Waals surface area contributed by atoms with Crippen molar-refractivity contribution in [3.8, 4) is 0 Å². The molecular weight excluding hydrogens is 270 g/mol. The molecule has 0 aliphatic carbocycles. The van der Waals surface area contributed by atoms with Crippen LogP contribution in [0.5, 0.6) is 0 Å². The minimum atomic E-state index is 0.711. The Kier molecular flexibility index (Phi) is 4.54. The van der Waals surface area contributed by atoms with Gasteiger partial charge < -0.3 is 5.32 Å². The van der Waals surface area contributed by atoms with Crippen LogP contribution in [0.3, 0.4) is 0 Å². The van der Waals surface area contributed by atoms with Crippen LogP contribution in [0.2, 0.25) is 0 Å². The average molecular weight is 286 g/mol. The highest BCUT2D eigenvalue weighted by Crippen LogP contribution is 2.24. The molecule has 1 aliphatic heterocycles. The van der Waals surface area contributed by atoms with Crippen molar-refractivity contribution in [1.29, 1.82) is 0 Å². The van der Waals surface area contributed by atoms with Gasteiger partial charge in [-0.05, 0) is 37.6 Å². The van der Waals surface area contributed by atoms with Gasteiger partial charge in [0.2, 0.25) is 0 Å². The van der Waals surface area contributed by atoms with Crippen molar-refractivity contribution in [2.75, 3.05) is 12.3 Å². The molecule has 1 aromatic rings. The molecule has 1 heterocycles. The summed E-state index contributed by atoms with van der Waals surface area (Å²) in [6.07, 6.45) is 4.07. The molecule has 0 saturated carbocycles. The van der Waals surface area contributed by atoms with E-state index < -0.39 is 0 Å². The fourth-order valence-corrected chi connectivity index (χ4v) is 3.43.